The second kappa shape index (κ2) is 15.0. The zero-order valence-electron chi connectivity index (χ0n) is 26.9. The molecule has 0 spiro atoms. The van der Waals surface area contributed by atoms with Gasteiger partial charge in [-0.25, -0.2) is 0 Å². The molecule has 4 rings (SSSR count). The van der Waals surface area contributed by atoms with Gasteiger partial charge < -0.3 is 14.6 Å². The molecule has 0 aliphatic rings. The van der Waals surface area contributed by atoms with Gasteiger partial charge in [-0.15, -0.1) is 0 Å². The molecule has 0 fully saturated rings. The van der Waals surface area contributed by atoms with Gasteiger partial charge in [0.15, 0.2) is 11.2 Å². The summed E-state index contributed by atoms with van der Waals surface area (Å²) in [6, 6.07) is 39.4. The van der Waals surface area contributed by atoms with Gasteiger partial charge in [-0.3, -0.25) is 9.59 Å². The van der Waals surface area contributed by atoms with Gasteiger partial charge in [-0.05, 0) is 61.9 Å². The first-order valence-corrected chi connectivity index (χ1v) is 17.3. The maximum atomic E-state index is 15.0. The summed E-state index contributed by atoms with van der Waals surface area (Å²) in [4.78, 5) is 29.2. The van der Waals surface area contributed by atoms with Crippen LogP contribution >= 0.6 is 7.26 Å². The lowest BCUT2D eigenvalue weighted by Gasteiger charge is -2.41. The van der Waals surface area contributed by atoms with Crippen molar-refractivity contribution in [2.24, 2.45) is 5.92 Å². The fourth-order valence-electron chi connectivity index (χ4n) is 6.00. The van der Waals surface area contributed by atoms with Gasteiger partial charge in [0.05, 0.1) is 18.1 Å². The van der Waals surface area contributed by atoms with Gasteiger partial charge >= 0.3 is 5.97 Å². The summed E-state index contributed by atoms with van der Waals surface area (Å²) in [6.45, 7) is 8.52. The molecule has 0 saturated carbocycles. The number of benzene rings is 4. The molecular weight excluding hydrogens is 593 g/mol. The zero-order valence-corrected chi connectivity index (χ0v) is 27.8. The van der Waals surface area contributed by atoms with Crippen LogP contribution in [-0.2, 0) is 24.5 Å². The van der Waals surface area contributed by atoms with E-state index in [1.165, 1.54) is 0 Å². The molecule has 0 radical (unpaired) electrons. The van der Waals surface area contributed by atoms with Gasteiger partial charge in [0.1, 0.15) is 34.4 Å². The van der Waals surface area contributed by atoms with E-state index in [1.807, 2.05) is 91.0 Å². The fourth-order valence-corrected chi connectivity index (χ4v) is 10.6. The Morgan fingerprint density at radius 2 is 1.11 bits per heavy atom. The number of nitriles is 1. The minimum Gasteiger partial charge on any atom is -0.608 e. The number of carbonyl (C=O) groups is 2. The van der Waals surface area contributed by atoms with Crippen molar-refractivity contribution in [3.63, 3.8) is 0 Å². The molecule has 0 aliphatic heterocycles. The number of rotatable bonds is 13. The van der Waals surface area contributed by atoms with Gasteiger partial charge in [0.25, 0.3) is 0 Å². The Kier molecular flexibility index (Phi) is 11.2. The highest BCUT2D eigenvalue weighted by molar-refractivity contribution is 7.99. The van der Waals surface area contributed by atoms with Crippen LogP contribution in [0.1, 0.15) is 46.6 Å². The van der Waals surface area contributed by atoms with E-state index < -0.39 is 48.5 Å². The smallest absolute Gasteiger partial charge is 0.319 e. The second-order valence-corrected chi connectivity index (χ2v) is 14.9. The Labute approximate surface area is 272 Å². The SMILES string of the molecule is CCC(=O)C(C#N)(c1ccccc1)C(C(=O)OC(C)C)/C(=C(\[O-])OC(C)C)[P+](c1ccccc1)(c1ccccc1)c1ccccc1. The van der Waals surface area contributed by atoms with E-state index >= 15 is 0 Å². The van der Waals surface area contributed by atoms with E-state index in [0.717, 1.165) is 15.9 Å². The third kappa shape index (κ3) is 6.48. The number of nitrogens with zero attached hydrogens (tertiary/aromatic N) is 1. The molecule has 0 heterocycles. The van der Waals surface area contributed by atoms with Crippen LogP contribution in [0, 0.1) is 17.2 Å². The Morgan fingerprint density at radius 1 is 0.717 bits per heavy atom. The molecule has 0 aliphatic carbocycles. The number of carbonyl (C=O) groups excluding carboxylic acids is 2. The van der Waals surface area contributed by atoms with Crippen molar-refractivity contribution in [2.45, 2.75) is 58.7 Å². The van der Waals surface area contributed by atoms with Crippen LogP contribution in [0.15, 0.2) is 133 Å². The van der Waals surface area contributed by atoms with Crippen LogP contribution < -0.4 is 21.0 Å². The summed E-state index contributed by atoms with van der Waals surface area (Å²) in [6.07, 6.45) is -1.23. The normalized spacial score (nSPS) is 14.0. The highest BCUT2D eigenvalue weighted by atomic mass is 31.2. The zero-order chi connectivity index (χ0) is 33.3. The molecule has 2 atom stereocenters. The van der Waals surface area contributed by atoms with Crippen molar-refractivity contribution in [3.8, 4) is 6.07 Å². The van der Waals surface area contributed by atoms with Crippen LogP contribution in [0.5, 0.6) is 0 Å². The van der Waals surface area contributed by atoms with E-state index in [2.05, 4.69) is 6.07 Å². The molecule has 2 unspecified atom stereocenters. The lowest BCUT2D eigenvalue weighted by atomic mass is 9.67. The molecule has 0 N–H and O–H groups in total. The van der Waals surface area contributed by atoms with Crippen molar-refractivity contribution < 1.29 is 24.2 Å². The molecule has 46 heavy (non-hydrogen) atoms. The van der Waals surface area contributed by atoms with Crippen LogP contribution in [0.25, 0.3) is 0 Å². The van der Waals surface area contributed by atoms with Crippen molar-refractivity contribution in [1.29, 1.82) is 5.26 Å². The predicted molar refractivity (Wildman–Crippen MR) is 182 cm³/mol. The summed E-state index contributed by atoms with van der Waals surface area (Å²) in [7, 11) is -3.37. The van der Waals surface area contributed by atoms with Crippen LogP contribution in [0.2, 0.25) is 0 Å². The highest BCUT2D eigenvalue weighted by Crippen LogP contribution is 2.67. The van der Waals surface area contributed by atoms with Crippen LogP contribution in [-0.4, -0.2) is 24.0 Å². The molecule has 0 saturated heterocycles. The molecular formula is C39H40NO5P. The standard InChI is InChI=1S/C39H40NO5P/c1-6-34(41)39(27-40,30-19-11-7-12-20-30)35(37(42)44-28(2)3)36(38(43)45-29(4)5)46(31-21-13-8-14-22-31,32-23-15-9-16-24-32)33-25-17-10-18-26-33/h7-26,28-29,35H,6H2,1-5H3/b38-36-. The maximum absolute atomic E-state index is 15.0. The summed E-state index contributed by atoms with van der Waals surface area (Å²) in [5, 5.41) is 28.5. The third-order valence-corrected chi connectivity index (χ3v) is 12.2. The van der Waals surface area contributed by atoms with Crippen molar-refractivity contribution in [3.05, 3.63) is 138 Å². The molecule has 4 aromatic carbocycles. The Balaban J connectivity index is 2.35. The second-order valence-electron chi connectivity index (χ2n) is 11.5. The number of hydrogen-bond donors (Lipinski definition) is 0. The lowest BCUT2D eigenvalue weighted by molar-refractivity contribution is -0.363. The number of esters is 1. The summed E-state index contributed by atoms with van der Waals surface area (Å²) >= 11 is 0. The molecule has 0 bridgehead atoms. The molecule has 236 valence electrons. The van der Waals surface area contributed by atoms with E-state index in [4.69, 9.17) is 9.47 Å². The first kappa shape index (κ1) is 34.2. The molecule has 7 heteroatoms. The van der Waals surface area contributed by atoms with E-state index in [-0.39, 0.29) is 11.7 Å². The average molecular weight is 634 g/mol. The number of Topliss-reactive ketones (excluding diaryl/α,β-unsaturated/α-hetero) is 1. The first-order chi connectivity index (χ1) is 22.1. The van der Waals surface area contributed by atoms with Gasteiger partial charge in [0, 0.05) is 6.42 Å². The number of ether oxygens (including phenoxy) is 2. The summed E-state index contributed by atoms with van der Waals surface area (Å²) < 4.78 is 12.0. The molecule has 0 amide bonds. The minimum atomic E-state index is -3.37. The number of hydrogen-bond acceptors (Lipinski definition) is 6. The first-order valence-electron chi connectivity index (χ1n) is 15.5. The predicted octanol–water partition coefficient (Wildman–Crippen LogP) is 5.94. The molecule has 6 nitrogen and oxygen atoms in total. The maximum Gasteiger partial charge on any atom is 0.319 e. The van der Waals surface area contributed by atoms with Crippen LogP contribution in [0.4, 0.5) is 0 Å². The van der Waals surface area contributed by atoms with Crippen molar-refractivity contribution in [1.82, 2.24) is 0 Å². The largest absolute Gasteiger partial charge is 0.608 e. The molecule has 0 aromatic heterocycles. The van der Waals surface area contributed by atoms with Crippen molar-refractivity contribution >= 4 is 34.9 Å². The Hall–Kier alpha value is -4.72. The fraction of sp³-hybridized carbons (Fsp3) is 0.256. The van der Waals surface area contributed by atoms with Gasteiger partial charge in [0.2, 0.25) is 0 Å². The van der Waals surface area contributed by atoms with Gasteiger partial charge in [-0.1, -0.05) is 106 Å². The van der Waals surface area contributed by atoms with E-state index in [1.54, 1.807) is 65.0 Å². The van der Waals surface area contributed by atoms with Gasteiger partial charge in [-0.2, -0.15) is 5.26 Å². The summed E-state index contributed by atoms with van der Waals surface area (Å²) in [5.41, 5.74) is -1.81. The highest BCUT2D eigenvalue weighted by Gasteiger charge is 2.63. The topological polar surface area (TPSA) is 99.5 Å². The van der Waals surface area contributed by atoms with Crippen molar-refractivity contribution in [2.75, 3.05) is 0 Å². The molecule has 4 aromatic rings. The number of ketones is 1. The average Bonchev–Trinajstić information content (AvgIpc) is 3.07. The van der Waals surface area contributed by atoms with E-state index in [9.17, 15) is 20.0 Å². The van der Waals surface area contributed by atoms with E-state index in [0.29, 0.717) is 5.56 Å². The minimum absolute atomic E-state index is 0.0302. The lowest BCUT2D eigenvalue weighted by Crippen LogP contribution is -2.51. The monoisotopic (exact) mass is 633 g/mol. The summed E-state index contributed by atoms with van der Waals surface area (Å²) in [5.74, 6) is -3.76. The quantitative estimate of drug-likeness (QED) is 0.103. The Morgan fingerprint density at radius 3 is 1.46 bits per heavy atom. The van der Waals surface area contributed by atoms with Crippen LogP contribution in [0.3, 0.4) is 0 Å². The Bertz CT molecular complexity index is 1590. The third-order valence-electron chi connectivity index (χ3n) is 7.80.